The minimum absolute atomic E-state index is 0.00227. The largest absolute Gasteiger partial charge is 0.463 e. The number of hydrogen-bond donors (Lipinski definition) is 3. The Labute approximate surface area is 804 Å². The summed E-state index contributed by atoms with van der Waals surface area (Å²) in [6, 6.07) is 10.1. The molecule has 0 aliphatic carbocycles. The van der Waals surface area contributed by atoms with E-state index < -0.39 is 39.0 Å². The third-order valence-corrected chi connectivity index (χ3v) is 31.9. The van der Waals surface area contributed by atoms with Crippen molar-refractivity contribution in [1.82, 2.24) is 16.0 Å². The third kappa shape index (κ3) is 51.8. The Morgan fingerprint density at radius 1 is 0.373 bits per heavy atom. The molecule has 0 aromatic heterocycles. The Morgan fingerprint density at radius 3 is 1.14 bits per heavy atom. The number of ether oxygens (including phenoxy) is 15. The minimum atomic E-state index is -2.29. The summed E-state index contributed by atoms with van der Waals surface area (Å²) >= 11 is 0. The van der Waals surface area contributed by atoms with Gasteiger partial charge in [0.05, 0.1) is 77.3 Å². The summed E-state index contributed by atoms with van der Waals surface area (Å²) in [6.07, 6.45) is 11.3. The topological polar surface area (TPSA) is 372 Å². The van der Waals surface area contributed by atoms with Crippen LogP contribution in [0, 0.1) is 53.3 Å². The first-order valence-electron chi connectivity index (χ1n) is 50.7. The van der Waals surface area contributed by atoms with E-state index in [9.17, 15) is 52.7 Å². The second kappa shape index (κ2) is 68.2. The first-order valence-corrected chi connectivity index (χ1v) is 53.6. The van der Waals surface area contributed by atoms with Crippen molar-refractivity contribution in [3.8, 4) is 0 Å². The van der Waals surface area contributed by atoms with Gasteiger partial charge in [0.1, 0.15) is 54.3 Å². The molecule has 0 radical (unpaired) electrons. The summed E-state index contributed by atoms with van der Waals surface area (Å²) in [5.74, 6) is 0.243. The van der Waals surface area contributed by atoms with E-state index in [1.807, 2.05) is 37.3 Å². The molecule has 0 spiro atoms. The zero-order chi connectivity index (χ0) is 98.9. The fourth-order valence-electron chi connectivity index (χ4n) is 16.3. The van der Waals surface area contributed by atoms with Crippen LogP contribution in [0.4, 0.5) is 0 Å². The van der Waals surface area contributed by atoms with Crippen molar-refractivity contribution in [2.45, 2.75) is 390 Å². The molecular weight excluding hydrogens is 1740 g/mol. The van der Waals surface area contributed by atoms with Gasteiger partial charge in [-0.3, -0.25) is 52.7 Å². The van der Waals surface area contributed by atoms with Gasteiger partial charge in [-0.05, 0) is 169 Å². The second-order valence-corrected chi connectivity index (χ2v) is 44.4. The van der Waals surface area contributed by atoms with Crippen molar-refractivity contribution in [3.05, 3.63) is 35.9 Å². The lowest BCUT2D eigenvalue weighted by atomic mass is 9.79. The number of benzene rings is 1. The maximum Gasteiger partial charge on any atom is 0.302 e. The Kier molecular flexibility index (Phi) is 61.3. The van der Waals surface area contributed by atoms with Crippen molar-refractivity contribution in [3.63, 3.8) is 0 Å². The van der Waals surface area contributed by atoms with Crippen LogP contribution < -0.4 is 16.0 Å². The molecule has 1 aromatic carbocycles. The quantitative estimate of drug-likeness (QED) is 0.0179. The van der Waals surface area contributed by atoms with Crippen molar-refractivity contribution in [2.24, 2.45) is 53.3 Å². The molecule has 17 atom stereocenters. The molecule has 3 amide bonds. The molecule has 134 heavy (non-hydrogen) atoms. The van der Waals surface area contributed by atoms with Gasteiger partial charge in [0.15, 0.2) is 33.5 Å². The van der Waals surface area contributed by atoms with E-state index in [4.69, 9.17) is 75.5 Å². The van der Waals surface area contributed by atoms with Crippen molar-refractivity contribution >= 4 is 72.9 Å². The number of rotatable bonds is 77. The van der Waals surface area contributed by atoms with E-state index in [-0.39, 0.29) is 259 Å². The zero-order valence-corrected chi connectivity index (χ0v) is 86.4. The monoisotopic (exact) mass is 1920 g/mol. The van der Waals surface area contributed by atoms with Gasteiger partial charge in [-0.2, -0.15) is 0 Å². The SMILES string of the molecule is CC(=O)OCC1OC(OCCCCC(=O)CCCCCC(=O)CCOCC(COCCC(=O)CCCCCC(=O)CCCCOC2OC(COC(C)=O)C(C)C(C)C2C)(COCCC(=O)NCCCNC(=O)CCCCOC2OC(COC(C)=O)C(C)C(C)C2C)NC(=O)CCCCC(=O)CCC(COC(C)OCCCCOCc2ccccc2)O[Si](C)(C)C(C)(C)C)C(C)C(C)C1C. The van der Waals surface area contributed by atoms with E-state index in [1.54, 1.807) is 0 Å². The molecule has 30 nitrogen and oxygen atoms in total. The van der Waals surface area contributed by atoms with Gasteiger partial charge in [-0.15, -0.1) is 0 Å². The summed E-state index contributed by atoms with van der Waals surface area (Å²) in [7, 11) is -2.29. The molecule has 770 valence electrons. The highest BCUT2D eigenvalue weighted by atomic mass is 28.4. The number of ketones is 5. The van der Waals surface area contributed by atoms with Crippen LogP contribution in [0.2, 0.25) is 18.1 Å². The zero-order valence-electron chi connectivity index (χ0n) is 85.4. The van der Waals surface area contributed by atoms with Crippen LogP contribution >= 0.6 is 0 Å². The first kappa shape index (κ1) is 120. The van der Waals surface area contributed by atoms with Crippen LogP contribution in [0.25, 0.3) is 0 Å². The van der Waals surface area contributed by atoms with Crippen LogP contribution in [0.15, 0.2) is 30.3 Å². The summed E-state index contributed by atoms with van der Waals surface area (Å²) in [5.41, 5.74) is -0.254. The predicted octanol–water partition coefficient (Wildman–Crippen LogP) is 16.7. The number of Topliss-reactive ketones (excluding diaryl/α,β-unsaturated/α-hetero) is 5. The summed E-state index contributed by atoms with van der Waals surface area (Å²) in [6.45, 7) is 39.6. The van der Waals surface area contributed by atoms with Gasteiger partial charge in [0.25, 0.3) is 0 Å². The molecule has 3 aliphatic heterocycles. The van der Waals surface area contributed by atoms with Crippen LogP contribution in [-0.4, -0.2) is 240 Å². The van der Waals surface area contributed by atoms with Gasteiger partial charge in [0.2, 0.25) is 17.7 Å². The number of unbranched alkanes of at least 4 members (excludes halogenated alkanes) is 9. The van der Waals surface area contributed by atoms with E-state index >= 15 is 0 Å². The molecule has 0 saturated carbocycles. The number of hydrogen-bond acceptors (Lipinski definition) is 27. The number of amides is 3. The Morgan fingerprint density at radius 2 is 0.724 bits per heavy atom. The van der Waals surface area contributed by atoms with Gasteiger partial charge in [0, 0.05) is 168 Å². The molecule has 31 heteroatoms. The standard InChI is InChI=1S/C103H177N3O27Si/c1-73-76(4)93(67-126-82(10)107)130-99(79(73)7)123-59-33-30-46-87(110)41-24-20-26-43-90(113)52-62-119-70-103(71-120-63-53-91(114)44-27-21-25-42-88(111)47-31-34-60-124-100-80(8)74(2)77(5)94(131-100)68-127-83(11)108,72-121-64-54-97(116)105-56-38-55-104-96(115)48-32-35-61-125-101-81(9)75(3)78(6)95(132-101)69-128-84(12)109)106-98(117)49-29-28-45-89(112)50-51-92(133-134(17,18)102(14,15)16)66-129-85(13)122-58-37-36-57-118-65-86-39-22-19-23-40-86/h19,22-23,39-40,73-81,85,92-95,99-101H,20-21,24-38,41-72H2,1-18H3,(H,104,115)(H,105,116)(H,106,117). The number of esters is 3. The Hall–Kier alpha value is -5.91. The molecule has 3 fully saturated rings. The minimum Gasteiger partial charge on any atom is -0.463 e. The van der Waals surface area contributed by atoms with Crippen LogP contribution in [0.1, 0.15) is 315 Å². The van der Waals surface area contributed by atoms with E-state index in [2.05, 4.69) is 112 Å². The lowest BCUT2D eigenvalue weighted by molar-refractivity contribution is -0.255. The molecule has 17 unspecified atom stereocenters. The fraction of sp³-hybridized carbons (Fsp3) is 0.835. The number of nitrogens with one attached hydrogen (secondary N) is 3. The average molecular weight is 1920 g/mol. The molecule has 3 N–H and O–H groups in total. The summed E-state index contributed by atoms with van der Waals surface area (Å²) in [4.78, 5) is 142. The van der Waals surface area contributed by atoms with Gasteiger partial charge in [-0.25, -0.2) is 0 Å². The smallest absolute Gasteiger partial charge is 0.302 e. The van der Waals surface area contributed by atoms with Gasteiger partial charge < -0.3 is 91.4 Å². The van der Waals surface area contributed by atoms with E-state index in [0.717, 1.165) is 18.4 Å². The highest BCUT2D eigenvalue weighted by molar-refractivity contribution is 6.74. The third-order valence-electron chi connectivity index (χ3n) is 27.3. The van der Waals surface area contributed by atoms with Gasteiger partial charge >= 0.3 is 17.9 Å². The van der Waals surface area contributed by atoms with Gasteiger partial charge in [-0.1, -0.05) is 126 Å². The Balaban J connectivity index is 1.36. The maximum atomic E-state index is 14.4. The molecule has 3 aliphatic rings. The lowest BCUT2D eigenvalue weighted by Crippen LogP contribution is -2.58. The normalized spacial score (nSPS) is 23.0. The first-order chi connectivity index (χ1) is 63.8. The second-order valence-electron chi connectivity index (χ2n) is 39.6. The van der Waals surface area contributed by atoms with Crippen LogP contribution in [0.3, 0.4) is 0 Å². The molecule has 3 heterocycles. The Bertz CT molecular complexity index is 3250. The van der Waals surface area contributed by atoms with Crippen LogP contribution in [0.5, 0.6) is 0 Å². The lowest BCUT2D eigenvalue weighted by Gasteiger charge is -2.43. The van der Waals surface area contributed by atoms with Crippen molar-refractivity contribution < 1.29 is 128 Å². The molecule has 3 saturated heterocycles. The van der Waals surface area contributed by atoms with Crippen molar-refractivity contribution in [1.29, 1.82) is 0 Å². The number of carbonyl (C=O) groups excluding carboxylic acids is 11. The average Bonchev–Trinajstić information content (AvgIpc) is 0.821. The highest BCUT2D eigenvalue weighted by Gasteiger charge is 2.44. The highest BCUT2D eigenvalue weighted by Crippen LogP contribution is 2.41. The molecule has 4 rings (SSSR count). The summed E-state index contributed by atoms with van der Waals surface area (Å²) in [5, 5.41) is 8.87. The van der Waals surface area contributed by atoms with E-state index in [0.29, 0.717) is 193 Å². The van der Waals surface area contributed by atoms with E-state index in [1.165, 1.54) is 20.8 Å². The predicted molar refractivity (Wildman–Crippen MR) is 513 cm³/mol. The van der Waals surface area contributed by atoms with Crippen molar-refractivity contribution in [2.75, 3.05) is 112 Å². The van der Waals surface area contributed by atoms with Crippen LogP contribution in [-0.2, 0) is 135 Å². The summed E-state index contributed by atoms with van der Waals surface area (Å²) < 4.78 is 96.6. The fourth-order valence-corrected chi connectivity index (χ4v) is 17.6. The maximum absolute atomic E-state index is 14.4. The molecule has 1 aromatic rings. The number of carbonyl (C=O) groups is 11. The molecule has 0 bridgehead atoms. The molecular formula is C103H177N3O27Si.